The van der Waals surface area contributed by atoms with Gasteiger partial charge < -0.3 is 9.47 Å². The van der Waals surface area contributed by atoms with Gasteiger partial charge in [0, 0.05) is 17.1 Å². The summed E-state index contributed by atoms with van der Waals surface area (Å²) in [5, 5.41) is 0. The summed E-state index contributed by atoms with van der Waals surface area (Å²) < 4.78 is 10.7. The van der Waals surface area contributed by atoms with E-state index in [1.807, 2.05) is 30.4 Å². The van der Waals surface area contributed by atoms with Gasteiger partial charge in [0.05, 0.1) is 14.2 Å². The number of esters is 1. The molecule has 0 spiro atoms. The van der Waals surface area contributed by atoms with Crippen LogP contribution in [0.2, 0.25) is 0 Å². The third kappa shape index (κ3) is 2.72. The van der Waals surface area contributed by atoms with Crippen LogP contribution in [0.3, 0.4) is 0 Å². The minimum atomic E-state index is -1.24. The third-order valence-corrected chi connectivity index (χ3v) is 5.07. The topological polar surface area (TPSA) is 52.6 Å². The van der Waals surface area contributed by atoms with Crippen LogP contribution in [-0.4, -0.2) is 26.0 Å². The lowest BCUT2D eigenvalue weighted by molar-refractivity contribution is -0.147. The molecule has 0 heterocycles. The predicted molar refractivity (Wildman–Crippen MR) is 95.4 cm³/mol. The first kappa shape index (κ1) is 17.2. The minimum absolute atomic E-state index is 0.0139. The molecular weight excluding hydrogens is 316 g/mol. The van der Waals surface area contributed by atoms with Crippen molar-refractivity contribution in [3.05, 3.63) is 65.8 Å². The lowest BCUT2D eigenvalue weighted by Crippen LogP contribution is -2.41. The van der Waals surface area contributed by atoms with Gasteiger partial charge >= 0.3 is 5.97 Å². The Morgan fingerprint density at radius 1 is 1.28 bits per heavy atom. The summed E-state index contributed by atoms with van der Waals surface area (Å²) in [4.78, 5) is 26.3. The highest BCUT2D eigenvalue weighted by Crippen LogP contribution is 2.48. The van der Waals surface area contributed by atoms with E-state index >= 15 is 0 Å². The SMILES string of the molecule is C=C1C[C@@H]2CC=CC=C(C2=O)[C@@](C(=O)OC)(c2ccccc2OC)C1. The molecular formula is C21H22O4. The van der Waals surface area contributed by atoms with E-state index in [0.29, 0.717) is 36.1 Å². The number of methoxy groups -OCH3 is 2. The Morgan fingerprint density at radius 3 is 2.76 bits per heavy atom. The zero-order chi connectivity index (χ0) is 18.0. The zero-order valence-electron chi connectivity index (χ0n) is 14.6. The summed E-state index contributed by atoms with van der Waals surface area (Å²) in [6.07, 6.45) is 7.15. The first-order valence-corrected chi connectivity index (χ1v) is 8.34. The van der Waals surface area contributed by atoms with Crippen LogP contribution in [-0.2, 0) is 19.7 Å². The van der Waals surface area contributed by atoms with Crippen molar-refractivity contribution in [1.82, 2.24) is 0 Å². The second kappa shape index (κ2) is 6.71. The average Bonchev–Trinajstić information content (AvgIpc) is 2.87. The summed E-state index contributed by atoms with van der Waals surface area (Å²) in [5.41, 5.74) is 0.731. The standard InChI is InChI=1S/C21H22O4/c1-14-12-15-8-4-5-10-17(19(15)22)21(13-14,20(23)25-3)16-9-6-7-11-18(16)24-2/h4-7,9-11,15H,1,8,12-13H2,2-3H3/t15-,21-/m0/s1. The van der Waals surface area contributed by atoms with E-state index in [1.165, 1.54) is 7.11 Å². The summed E-state index contributed by atoms with van der Waals surface area (Å²) >= 11 is 0. The number of hydrogen-bond acceptors (Lipinski definition) is 4. The summed E-state index contributed by atoms with van der Waals surface area (Å²) in [5.74, 6) is -0.103. The number of ether oxygens (including phenoxy) is 2. The van der Waals surface area contributed by atoms with Crippen LogP contribution in [0, 0.1) is 5.92 Å². The molecule has 0 aliphatic heterocycles. The molecule has 1 saturated carbocycles. The average molecular weight is 338 g/mol. The van der Waals surface area contributed by atoms with Gasteiger partial charge in [-0.15, -0.1) is 0 Å². The highest BCUT2D eigenvalue weighted by molar-refractivity contribution is 6.08. The third-order valence-electron chi connectivity index (χ3n) is 5.07. The van der Waals surface area contributed by atoms with Gasteiger partial charge in [-0.1, -0.05) is 48.6 Å². The number of fused-ring (bicyclic) bond motifs is 2. The number of carbonyl (C=O) groups is 2. The Hall–Kier alpha value is -2.62. The van der Waals surface area contributed by atoms with E-state index in [9.17, 15) is 9.59 Å². The number of benzene rings is 1. The number of para-hydroxylation sites is 1. The maximum atomic E-state index is 13.2. The molecule has 0 unspecified atom stereocenters. The number of ketones is 1. The number of Topliss-reactive ketones (excluding diaryl/α,β-unsaturated/α-hetero) is 1. The van der Waals surface area contributed by atoms with E-state index in [-0.39, 0.29) is 11.7 Å². The molecule has 130 valence electrons. The molecule has 2 aliphatic rings. The van der Waals surface area contributed by atoms with Crippen molar-refractivity contribution in [3.8, 4) is 5.75 Å². The highest BCUT2D eigenvalue weighted by atomic mass is 16.5. The van der Waals surface area contributed by atoms with Crippen molar-refractivity contribution < 1.29 is 19.1 Å². The van der Waals surface area contributed by atoms with Gasteiger partial charge in [-0.05, 0) is 25.3 Å². The Kier molecular flexibility index (Phi) is 4.62. The predicted octanol–water partition coefficient (Wildman–Crippen LogP) is 3.53. The summed E-state index contributed by atoms with van der Waals surface area (Å²) in [6, 6.07) is 7.30. The maximum Gasteiger partial charge on any atom is 0.321 e. The van der Waals surface area contributed by atoms with Gasteiger partial charge in [-0.25, -0.2) is 0 Å². The minimum Gasteiger partial charge on any atom is -0.496 e. The Balaban J connectivity index is 2.34. The van der Waals surface area contributed by atoms with Gasteiger partial charge in [0.25, 0.3) is 0 Å². The smallest absolute Gasteiger partial charge is 0.321 e. The van der Waals surface area contributed by atoms with Crippen LogP contribution < -0.4 is 4.74 Å². The van der Waals surface area contributed by atoms with Crippen LogP contribution in [0.5, 0.6) is 5.75 Å². The molecule has 0 amide bonds. The van der Waals surface area contributed by atoms with Crippen molar-refractivity contribution in [2.75, 3.05) is 14.2 Å². The van der Waals surface area contributed by atoms with Crippen molar-refractivity contribution in [3.63, 3.8) is 0 Å². The van der Waals surface area contributed by atoms with Crippen LogP contribution in [0.1, 0.15) is 24.8 Å². The molecule has 1 aromatic carbocycles. The van der Waals surface area contributed by atoms with E-state index in [4.69, 9.17) is 9.47 Å². The quantitative estimate of drug-likeness (QED) is 0.625. The normalized spacial score (nSPS) is 25.7. The first-order chi connectivity index (χ1) is 12.0. The molecule has 0 radical (unpaired) electrons. The fourth-order valence-corrected chi connectivity index (χ4v) is 3.94. The molecule has 2 aliphatic carbocycles. The van der Waals surface area contributed by atoms with Crippen molar-refractivity contribution in [2.24, 2.45) is 5.92 Å². The van der Waals surface area contributed by atoms with Gasteiger partial charge in [-0.2, -0.15) is 0 Å². The number of rotatable bonds is 3. The second-order valence-corrected chi connectivity index (χ2v) is 6.53. The van der Waals surface area contributed by atoms with Gasteiger partial charge in [0.15, 0.2) is 5.78 Å². The lowest BCUT2D eigenvalue weighted by Gasteiger charge is -2.33. The van der Waals surface area contributed by atoms with Crippen molar-refractivity contribution in [1.29, 1.82) is 0 Å². The largest absolute Gasteiger partial charge is 0.496 e. The molecule has 4 heteroatoms. The Labute approximate surface area is 147 Å². The van der Waals surface area contributed by atoms with Crippen LogP contribution >= 0.6 is 0 Å². The molecule has 4 nitrogen and oxygen atoms in total. The van der Waals surface area contributed by atoms with E-state index in [0.717, 1.165) is 5.57 Å². The molecule has 0 N–H and O–H groups in total. The van der Waals surface area contributed by atoms with Crippen LogP contribution in [0.25, 0.3) is 0 Å². The van der Waals surface area contributed by atoms with Gasteiger partial charge in [-0.3, -0.25) is 9.59 Å². The molecule has 1 aromatic rings. The van der Waals surface area contributed by atoms with E-state index in [2.05, 4.69) is 6.58 Å². The lowest BCUT2D eigenvalue weighted by atomic mass is 9.69. The van der Waals surface area contributed by atoms with Crippen molar-refractivity contribution in [2.45, 2.75) is 24.7 Å². The molecule has 3 rings (SSSR count). The summed E-state index contributed by atoms with van der Waals surface area (Å²) in [6.45, 7) is 4.14. The van der Waals surface area contributed by atoms with Crippen molar-refractivity contribution >= 4 is 11.8 Å². The molecule has 25 heavy (non-hydrogen) atoms. The zero-order valence-corrected chi connectivity index (χ0v) is 14.6. The van der Waals surface area contributed by atoms with Crippen LogP contribution in [0.4, 0.5) is 0 Å². The number of allylic oxidation sites excluding steroid dienone is 4. The fraction of sp³-hybridized carbons (Fsp3) is 0.333. The Morgan fingerprint density at radius 2 is 2.04 bits per heavy atom. The second-order valence-electron chi connectivity index (χ2n) is 6.53. The number of carbonyl (C=O) groups excluding carboxylic acids is 2. The fourth-order valence-electron chi connectivity index (χ4n) is 3.94. The summed E-state index contributed by atoms with van der Waals surface area (Å²) in [7, 11) is 2.91. The molecule has 0 aromatic heterocycles. The van der Waals surface area contributed by atoms with Gasteiger partial charge in [0.2, 0.25) is 0 Å². The first-order valence-electron chi connectivity index (χ1n) is 8.34. The van der Waals surface area contributed by atoms with E-state index in [1.54, 1.807) is 19.3 Å². The van der Waals surface area contributed by atoms with Gasteiger partial charge in [0.1, 0.15) is 11.2 Å². The highest BCUT2D eigenvalue weighted by Gasteiger charge is 2.52. The molecule has 2 bridgehead atoms. The molecule has 1 fully saturated rings. The Bertz CT molecular complexity index is 787. The monoisotopic (exact) mass is 338 g/mol. The van der Waals surface area contributed by atoms with Crippen LogP contribution in [0.15, 0.2) is 60.2 Å². The van der Waals surface area contributed by atoms with E-state index < -0.39 is 11.4 Å². The molecule has 0 saturated heterocycles. The maximum absolute atomic E-state index is 13.2. The molecule has 2 atom stereocenters. The number of hydrogen-bond donors (Lipinski definition) is 0.